The number of hydrogen-bond acceptors (Lipinski definition) is 3. The predicted octanol–water partition coefficient (Wildman–Crippen LogP) is 3.10. The van der Waals surface area contributed by atoms with Gasteiger partial charge in [-0.3, -0.25) is 0 Å². The van der Waals surface area contributed by atoms with E-state index in [0.717, 1.165) is 23.5 Å². The fourth-order valence-corrected chi connectivity index (χ4v) is 2.49. The van der Waals surface area contributed by atoms with E-state index < -0.39 is 12.2 Å². The van der Waals surface area contributed by atoms with Gasteiger partial charge in [-0.05, 0) is 51.0 Å². The lowest BCUT2D eigenvalue weighted by Crippen LogP contribution is -2.36. The lowest BCUT2D eigenvalue weighted by molar-refractivity contribution is -0.137. The van der Waals surface area contributed by atoms with Crippen molar-refractivity contribution in [2.75, 3.05) is 0 Å². The number of nitrogens with zero attached hydrogens (tertiary/aromatic N) is 1. The molecule has 6 N–H and O–H groups in total. The zero-order chi connectivity index (χ0) is 18.7. The number of nitrogens with two attached hydrogens (primary N) is 3. The van der Waals surface area contributed by atoms with E-state index in [9.17, 15) is 13.2 Å². The van der Waals surface area contributed by atoms with Crippen molar-refractivity contribution < 1.29 is 13.2 Å². The average Bonchev–Trinajstić information content (AvgIpc) is 2.78. The van der Waals surface area contributed by atoms with Gasteiger partial charge in [-0.25, -0.2) is 0 Å². The molecule has 0 radical (unpaired) electrons. The Labute approximate surface area is 140 Å². The Balaban J connectivity index is 3.22. The monoisotopic (exact) mass is 342 g/mol. The molecule has 0 aliphatic carbocycles. The van der Waals surface area contributed by atoms with Crippen LogP contribution in [0.2, 0.25) is 0 Å². The predicted molar refractivity (Wildman–Crippen MR) is 91.8 cm³/mol. The molecule has 4 nitrogen and oxygen atoms in total. The van der Waals surface area contributed by atoms with Crippen LogP contribution in [0, 0.1) is 13.8 Å². The summed E-state index contributed by atoms with van der Waals surface area (Å²) in [6, 6.07) is -0.0815. The van der Waals surface area contributed by atoms with Crippen molar-refractivity contribution in [1.29, 1.82) is 0 Å². The first kappa shape index (κ1) is 19.9. The number of halogens is 3. The third-order valence-electron chi connectivity index (χ3n) is 3.84. The molecule has 0 fully saturated rings. The number of alkyl halides is 3. The van der Waals surface area contributed by atoms with Gasteiger partial charge in [0.15, 0.2) is 0 Å². The highest BCUT2D eigenvalue weighted by atomic mass is 19.4. The van der Waals surface area contributed by atoms with E-state index in [1.165, 1.54) is 5.56 Å². The quantitative estimate of drug-likeness (QED) is 0.719. The number of rotatable bonds is 5. The van der Waals surface area contributed by atoms with E-state index in [1.807, 2.05) is 31.4 Å². The van der Waals surface area contributed by atoms with Crippen molar-refractivity contribution in [3.05, 3.63) is 52.6 Å². The van der Waals surface area contributed by atoms with Gasteiger partial charge in [-0.2, -0.15) is 13.2 Å². The maximum absolute atomic E-state index is 12.5. The van der Waals surface area contributed by atoms with Gasteiger partial charge in [0.05, 0.1) is 11.4 Å². The molecular weight excluding hydrogens is 317 g/mol. The van der Waals surface area contributed by atoms with Crippen LogP contribution in [0.15, 0.2) is 35.7 Å². The van der Waals surface area contributed by atoms with Crippen LogP contribution in [-0.4, -0.2) is 16.8 Å². The average molecular weight is 342 g/mol. The summed E-state index contributed by atoms with van der Waals surface area (Å²) in [5, 5.41) is 0. The Morgan fingerprint density at radius 2 is 1.83 bits per heavy atom. The van der Waals surface area contributed by atoms with Crippen molar-refractivity contribution in [1.82, 2.24) is 4.57 Å². The molecule has 0 spiro atoms. The summed E-state index contributed by atoms with van der Waals surface area (Å²) < 4.78 is 39.5. The van der Waals surface area contributed by atoms with E-state index in [1.54, 1.807) is 6.08 Å². The molecule has 0 aliphatic heterocycles. The normalized spacial score (nSPS) is 15.8. The van der Waals surface area contributed by atoms with Crippen molar-refractivity contribution in [3.63, 3.8) is 0 Å². The molecule has 0 aromatic carbocycles. The van der Waals surface area contributed by atoms with Gasteiger partial charge in [0.1, 0.15) is 6.04 Å². The van der Waals surface area contributed by atoms with Gasteiger partial charge >= 0.3 is 6.18 Å². The lowest BCUT2D eigenvalue weighted by atomic mass is 10.2. The molecule has 1 rings (SSSR count). The third kappa shape index (κ3) is 4.44. The Hall–Kier alpha value is -2.15. The summed E-state index contributed by atoms with van der Waals surface area (Å²) in [4.78, 5) is 0. The molecular formula is C17H25F3N4. The van der Waals surface area contributed by atoms with Gasteiger partial charge in [0, 0.05) is 17.1 Å². The second-order valence-corrected chi connectivity index (χ2v) is 5.59. The van der Waals surface area contributed by atoms with Crippen LogP contribution in [0.4, 0.5) is 13.2 Å². The number of aryl methyl sites for hydroxylation is 2. The zero-order valence-corrected chi connectivity index (χ0v) is 14.4. The summed E-state index contributed by atoms with van der Waals surface area (Å²) in [6.07, 6.45) is 0.417. The van der Waals surface area contributed by atoms with Crippen molar-refractivity contribution in [3.8, 4) is 0 Å². The minimum Gasteiger partial charge on any atom is -0.397 e. The molecule has 1 unspecified atom stereocenters. The maximum atomic E-state index is 12.5. The summed E-state index contributed by atoms with van der Waals surface area (Å²) in [5.41, 5.74) is 20.4. The molecule has 0 amide bonds. The molecule has 1 atom stereocenters. The van der Waals surface area contributed by atoms with Gasteiger partial charge in [-0.15, -0.1) is 0 Å². The van der Waals surface area contributed by atoms with E-state index in [-0.39, 0.29) is 11.4 Å². The molecule has 1 heterocycles. The molecule has 7 heteroatoms. The molecule has 0 saturated carbocycles. The molecule has 134 valence electrons. The number of hydrogen-bond donors (Lipinski definition) is 3. The molecule has 1 aromatic rings. The minimum atomic E-state index is -4.56. The van der Waals surface area contributed by atoms with Crippen LogP contribution in [0.1, 0.15) is 30.8 Å². The second kappa shape index (κ2) is 7.61. The molecule has 24 heavy (non-hydrogen) atoms. The summed E-state index contributed by atoms with van der Waals surface area (Å²) in [6.45, 7) is 7.83. The molecule has 1 aromatic heterocycles. The highest BCUT2D eigenvalue weighted by molar-refractivity contribution is 5.62. The van der Waals surface area contributed by atoms with Crippen LogP contribution in [-0.2, 0) is 6.42 Å². The molecule has 0 saturated heterocycles. The maximum Gasteiger partial charge on any atom is 0.407 e. The van der Waals surface area contributed by atoms with Crippen LogP contribution in [0.25, 0.3) is 5.70 Å². The highest BCUT2D eigenvalue weighted by Crippen LogP contribution is 2.23. The van der Waals surface area contributed by atoms with Gasteiger partial charge in [-0.1, -0.05) is 13.0 Å². The third-order valence-corrected chi connectivity index (χ3v) is 3.84. The minimum absolute atomic E-state index is 0.0355. The first-order chi connectivity index (χ1) is 11.0. The molecule has 0 aliphatic rings. The van der Waals surface area contributed by atoms with Gasteiger partial charge < -0.3 is 21.8 Å². The summed E-state index contributed by atoms with van der Waals surface area (Å²) in [5.74, 6) is 0. The van der Waals surface area contributed by atoms with Crippen LogP contribution in [0.3, 0.4) is 0 Å². The first-order valence-corrected chi connectivity index (χ1v) is 7.64. The van der Waals surface area contributed by atoms with E-state index in [4.69, 9.17) is 17.2 Å². The largest absolute Gasteiger partial charge is 0.407 e. The van der Waals surface area contributed by atoms with Crippen molar-refractivity contribution in [2.45, 2.75) is 46.3 Å². The Morgan fingerprint density at radius 1 is 1.25 bits per heavy atom. The smallest absolute Gasteiger partial charge is 0.397 e. The second-order valence-electron chi connectivity index (χ2n) is 5.59. The standard InChI is InChI=1S/C17H25F3N4/c1-5-12-7-10(3)24(11(12)4)13(6-2)8-14(21)15(22)9-16(23)17(18,19)20/h6-9,16H,5,21-23H2,1-4H3/b13-6+,14-8-,15-9-. The first-order valence-electron chi connectivity index (χ1n) is 7.64. The van der Waals surface area contributed by atoms with E-state index in [2.05, 4.69) is 13.0 Å². The van der Waals surface area contributed by atoms with Crippen LogP contribution >= 0.6 is 0 Å². The topological polar surface area (TPSA) is 83.0 Å². The summed E-state index contributed by atoms with van der Waals surface area (Å²) in [7, 11) is 0. The lowest BCUT2D eigenvalue weighted by Gasteiger charge is -2.14. The molecule has 0 bridgehead atoms. The fourth-order valence-electron chi connectivity index (χ4n) is 2.49. The number of allylic oxidation sites excluding steroid dienone is 3. The number of aromatic nitrogens is 1. The van der Waals surface area contributed by atoms with Gasteiger partial charge in [0.25, 0.3) is 0 Å². The fraction of sp³-hybridized carbons (Fsp3) is 0.412. The zero-order valence-electron chi connectivity index (χ0n) is 14.4. The van der Waals surface area contributed by atoms with E-state index in [0.29, 0.717) is 6.08 Å². The SMILES string of the molecule is C\C=C(/C=C(N)/C(N)=C/C(N)C(F)(F)F)n1c(C)cc(CC)c1C. The highest BCUT2D eigenvalue weighted by Gasteiger charge is 2.35. The van der Waals surface area contributed by atoms with Crippen molar-refractivity contribution >= 4 is 5.70 Å². The Kier molecular flexibility index (Phi) is 6.31. The van der Waals surface area contributed by atoms with Crippen LogP contribution in [0.5, 0.6) is 0 Å². The van der Waals surface area contributed by atoms with Gasteiger partial charge in [0.2, 0.25) is 0 Å². The Morgan fingerprint density at radius 3 is 2.25 bits per heavy atom. The summed E-state index contributed by atoms with van der Waals surface area (Å²) >= 11 is 0. The van der Waals surface area contributed by atoms with E-state index >= 15 is 0 Å². The van der Waals surface area contributed by atoms with Crippen molar-refractivity contribution in [2.24, 2.45) is 17.2 Å². The van der Waals surface area contributed by atoms with Crippen LogP contribution < -0.4 is 17.2 Å². The Bertz CT molecular complexity index is 679.